The minimum absolute atomic E-state index is 0.0590. The van der Waals surface area contributed by atoms with Crippen LogP contribution in [-0.2, 0) is 16.1 Å². The number of aromatic nitrogens is 2. The molecular weight excluding hydrogens is 558 g/mol. The minimum Gasteiger partial charge on any atom is -0.473 e. The number of ether oxygens (including phenoxy) is 2. The Morgan fingerprint density at radius 3 is 2.32 bits per heavy atom. The van der Waals surface area contributed by atoms with Gasteiger partial charge >= 0.3 is 6.09 Å². The number of nitrogens with one attached hydrogen (secondary N) is 1. The number of fused-ring (bicyclic) bond motifs is 1. The SMILES string of the molecule is CC(=O)Nc1cccc(C2CCN(CCCn3nc(OC4CCN(C(=O)OC(C)(C)C)CC4)c4ccccc4c3=O)CC2)c1. The lowest BCUT2D eigenvalue weighted by Gasteiger charge is -2.33. The van der Waals surface area contributed by atoms with Crippen molar-refractivity contribution in [2.24, 2.45) is 0 Å². The second-order valence-electron chi connectivity index (χ2n) is 12.9. The van der Waals surface area contributed by atoms with E-state index in [0.717, 1.165) is 44.6 Å². The standard InChI is InChI=1S/C34H45N5O5/c1-24(40)35-27-10-7-9-26(23-27)25-13-19-37(20-14-25)17-8-18-39-32(41)30-12-6-5-11-29(30)31(36-39)43-28-15-21-38(22-16-28)33(42)44-34(2,3)4/h5-7,9-12,23,25,28H,8,13-22H2,1-4H3,(H,35,40). The molecule has 0 spiro atoms. The Hall–Kier alpha value is -3.92. The van der Waals surface area contributed by atoms with Gasteiger partial charge in [-0.05, 0) is 95.4 Å². The third-order valence-corrected chi connectivity index (χ3v) is 8.32. The molecular formula is C34H45N5O5. The zero-order chi connectivity index (χ0) is 31.3. The lowest BCUT2D eigenvalue weighted by molar-refractivity contribution is -0.114. The normalized spacial score (nSPS) is 17.0. The molecule has 10 heteroatoms. The van der Waals surface area contributed by atoms with Gasteiger partial charge in [-0.25, -0.2) is 9.48 Å². The maximum atomic E-state index is 13.3. The van der Waals surface area contributed by atoms with E-state index in [4.69, 9.17) is 9.47 Å². The average Bonchev–Trinajstić information content (AvgIpc) is 2.99. The molecule has 0 saturated carbocycles. The van der Waals surface area contributed by atoms with Gasteiger partial charge in [-0.15, -0.1) is 5.10 Å². The number of nitrogens with zero attached hydrogens (tertiary/aromatic N) is 4. The molecule has 1 N–H and O–H groups in total. The molecule has 0 bridgehead atoms. The summed E-state index contributed by atoms with van der Waals surface area (Å²) in [6.07, 6.45) is 3.86. The van der Waals surface area contributed by atoms with Gasteiger partial charge in [0.25, 0.3) is 5.56 Å². The maximum absolute atomic E-state index is 13.3. The van der Waals surface area contributed by atoms with Crippen LogP contribution in [0.4, 0.5) is 10.5 Å². The summed E-state index contributed by atoms with van der Waals surface area (Å²) in [5, 5.41) is 8.89. The van der Waals surface area contributed by atoms with E-state index in [9.17, 15) is 14.4 Å². The number of anilines is 1. The van der Waals surface area contributed by atoms with E-state index in [1.54, 1.807) is 9.58 Å². The van der Waals surface area contributed by atoms with Crippen LogP contribution in [-0.4, -0.2) is 76.0 Å². The quantitative estimate of drug-likeness (QED) is 0.367. The van der Waals surface area contributed by atoms with E-state index in [1.165, 1.54) is 12.5 Å². The van der Waals surface area contributed by atoms with Crippen LogP contribution in [0.2, 0.25) is 0 Å². The summed E-state index contributed by atoms with van der Waals surface area (Å²) >= 11 is 0. The van der Waals surface area contributed by atoms with E-state index in [1.807, 2.05) is 57.2 Å². The molecule has 3 heterocycles. The molecule has 0 atom stereocenters. The third-order valence-electron chi connectivity index (χ3n) is 8.32. The largest absolute Gasteiger partial charge is 0.473 e. The lowest BCUT2D eigenvalue weighted by atomic mass is 9.89. The average molecular weight is 604 g/mol. The fourth-order valence-electron chi connectivity index (χ4n) is 6.09. The van der Waals surface area contributed by atoms with Gasteiger partial charge in [0.15, 0.2) is 0 Å². The molecule has 2 aliphatic rings. The molecule has 236 valence electrons. The first-order valence-corrected chi connectivity index (χ1v) is 15.8. The van der Waals surface area contributed by atoms with Crippen LogP contribution in [0.15, 0.2) is 53.3 Å². The highest BCUT2D eigenvalue weighted by Crippen LogP contribution is 2.30. The Labute approximate surface area is 259 Å². The van der Waals surface area contributed by atoms with Crippen LogP contribution in [0, 0.1) is 0 Å². The highest BCUT2D eigenvalue weighted by Gasteiger charge is 2.28. The van der Waals surface area contributed by atoms with Crippen LogP contribution in [0.3, 0.4) is 0 Å². The molecule has 3 aromatic rings. The monoisotopic (exact) mass is 603 g/mol. The summed E-state index contributed by atoms with van der Waals surface area (Å²) in [7, 11) is 0. The number of carbonyl (C=O) groups excluding carboxylic acids is 2. The summed E-state index contributed by atoms with van der Waals surface area (Å²) < 4.78 is 13.5. The summed E-state index contributed by atoms with van der Waals surface area (Å²) in [5.41, 5.74) is 1.48. The van der Waals surface area contributed by atoms with Gasteiger partial charge in [-0.3, -0.25) is 9.59 Å². The minimum atomic E-state index is -0.528. The summed E-state index contributed by atoms with van der Waals surface area (Å²) in [4.78, 5) is 41.4. The Balaban J connectivity index is 1.16. The molecule has 10 nitrogen and oxygen atoms in total. The Bertz CT molecular complexity index is 1510. The third kappa shape index (κ3) is 8.16. The van der Waals surface area contributed by atoms with E-state index in [2.05, 4.69) is 27.4 Å². The summed E-state index contributed by atoms with van der Waals surface area (Å²) in [6, 6.07) is 15.6. The lowest BCUT2D eigenvalue weighted by Crippen LogP contribution is -2.44. The summed E-state index contributed by atoms with van der Waals surface area (Å²) in [5.74, 6) is 0.884. The molecule has 1 aromatic heterocycles. The van der Waals surface area contributed by atoms with Crippen molar-refractivity contribution >= 4 is 28.5 Å². The van der Waals surface area contributed by atoms with Gasteiger partial charge in [0.2, 0.25) is 11.8 Å². The number of amides is 2. The number of benzene rings is 2. The first-order valence-electron chi connectivity index (χ1n) is 15.8. The molecule has 0 aliphatic carbocycles. The van der Waals surface area contributed by atoms with Crippen LogP contribution in [0.1, 0.15) is 71.3 Å². The number of likely N-dealkylation sites (tertiary alicyclic amines) is 2. The number of aryl methyl sites for hydroxylation is 1. The number of hydrogen-bond donors (Lipinski definition) is 1. The van der Waals surface area contributed by atoms with Crippen molar-refractivity contribution in [1.29, 1.82) is 0 Å². The van der Waals surface area contributed by atoms with Gasteiger partial charge in [-0.1, -0.05) is 24.3 Å². The number of rotatable bonds is 8. The van der Waals surface area contributed by atoms with E-state index in [0.29, 0.717) is 55.0 Å². The van der Waals surface area contributed by atoms with E-state index >= 15 is 0 Å². The van der Waals surface area contributed by atoms with Crippen molar-refractivity contribution in [3.63, 3.8) is 0 Å². The van der Waals surface area contributed by atoms with Gasteiger partial charge in [0.05, 0.1) is 10.8 Å². The molecule has 0 unspecified atom stereocenters. The first kappa shape index (κ1) is 31.5. The van der Waals surface area contributed by atoms with E-state index < -0.39 is 5.60 Å². The zero-order valence-corrected chi connectivity index (χ0v) is 26.4. The molecule has 44 heavy (non-hydrogen) atoms. The fraction of sp³-hybridized carbons (Fsp3) is 0.529. The number of carbonyl (C=O) groups is 2. The van der Waals surface area contributed by atoms with Crippen molar-refractivity contribution in [2.45, 2.75) is 84.0 Å². The predicted molar refractivity (Wildman–Crippen MR) is 171 cm³/mol. The molecule has 5 rings (SSSR count). The molecule has 2 saturated heterocycles. The second-order valence-corrected chi connectivity index (χ2v) is 12.9. The molecule has 0 radical (unpaired) electrons. The Morgan fingerprint density at radius 2 is 1.64 bits per heavy atom. The van der Waals surface area contributed by atoms with Crippen molar-refractivity contribution in [2.75, 3.05) is 38.0 Å². The van der Waals surface area contributed by atoms with Gasteiger partial charge in [0, 0.05) is 45.1 Å². The first-order chi connectivity index (χ1) is 21.1. The van der Waals surface area contributed by atoms with Gasteiger partial charge in [0.1, 0.15) is 11.7 Å². The second kappa shape index (κ2) is 13.8. The van der Waals surface area contributed by atoms with E-state index in [-0.39, 0.29) is 23.7 Å². The number of hydrogen-bond acceptors (Lipinski definition) is 7. The molecule has 2 aliphatic heterocycles. The van der Waals surface area contributed by atoms with Crippen LogP contribution < -0.4 is 15.6 Å². The van der Waals surface area contributed by atoms with Crippen molar-refractivity contribution in [1.82, 2.24) is 19.6 Å². The molecule has 2 aromatic carbocycles. The van der Waals surface area contributed by atoms with Crippen LogP contribution >= 0.6 is 0 Å². The highest BCUT2D eigenvalue weighted by atomic mass is 16.6. The smallest absolute Gasteiger partial charge is 0.410 e. The van der Waals surface area contributed by atoms with Gasteiger partial charge < -0.3 is 24.6 Å². The zero-order valence-electron chi connectivity index (χ0n) is 26.4. The predicted octanol–water partition coefficient (Wildman–Crippen LogP) is 5.40. The van der Waals surface area contributed by atoms with Crippen molar-refractivity contribution in [3.8, 4) is 5.88 Å². The molecule has 2 amide bonds. The Kier molecular flexibility index (Phi) is 9.88. The topological polar surface area (TPSA) is 106 Å². The van der Waals surface area contributed by atoms with Crippen molar-refractivity contribution < 1.29 is 19.1 Å². The summed E-state index contributed by atoms with van der Waals surface area (Å²) in [6.45, 7) is 11.6. The highest BCUT2D eigenvalue weighted by molar-refractivity contribution is 5.88. The molecule has 2 fully saturated rings. The van der Waals surface area contributed by atoms with Gasteiger partial charge in [-0.2, -0.15) is 0 Å². The fourth-order valence-corrected chi connectivity index (χ4v) is 6.09. The van der Waals surface area contributed by atoms with Crippen molar-refractivity contribution in [3.05, 3.63) is 64.4 Å². The Morgan fingerprint density at radius 1 is 0.932 bits per heavy atom. The maximum Gasteiger partial charge on any atom is 0.410 e. The number of piperidine rings is 2. The van der Waals surface area contributed by atoms with Crippen LogP contribution in [0.5, 0.6) is 5.88 Å². The van der Waals surface area contributed by atoms with Crippen LogP contribution in [0.25, 0.3) is 10.8 Å².